The highest BCUT2D eigenvalue weighted by Gasteiger charge is 2.04. The lowest BCUT2D eigenvalue weighted by Crippen LogP contribution is -2.18. The molecule has 2 rings (SSSR count). The van der Waals surface area contributed by atoms with Crippen LogP contribution in [0.15, 0.2) is 35.4 Å². The number of rotatable bonds is 7. The van der Waals surface area contributed by atoms with Crippen molar-refractivity contribution in [3.05, 3.63) is 45.9 Å². The fourth-order valence-electron chi connectivity index (χ4n) is 1.84. The molecule has 0 radical (unpaired) electrons. The molecule has 0 amide bonds. The average Bonchev–Trinajstić information content (AvgIpc) is 2.85. The predicted octanol–water partition coefficient (Wildman–Crippen LogP) is 4.49. The third-order valence-electron chi connectivity index (χ3n) is 2.90. The molecule has 2 aromatic rings. The molecule has 1 heterocycles. The van der Waals surface area contributed by atoms with Crippen LogP contribution in [0.5, 0.6) is 0 Å². The Morgan fingerprint density at radius 3 is 2.85 bits per heavy atom. The first-order valence-electron chi connectivity index (χ1n) is 6.98. The first-order valence-corrected chi connectivity index (χ1v) is 8.78. The Bertz CT molecular complexity index is 535. The maximum absolute atomic E-state index is 4.52. The van der Waals surface area contributed by atoms with E-state index in [-0.39, 0.29) is 0 Å². The van der Waals surface area contributed by atoms with Crippen molar-refractivity contribution in [2.24, 2.45) is 5.92 Å². The topological polar surface area (TPSA) is 24.9 Å². The van der Waals surface area contributed by atoms with Gasteiger partial charge in [-0.2, -0.15) is 0 Å². The summed E-state index contributed by atoms with van der Waals surface area (Å²) < 4.78 is 0. The molecular formula is C16H22N2S2. The highest BCUT2D eigenvalue weighted by Crippen LogP contribution is 2.27. The van der Waals surface area contributed by atoms with Crippen LogP contribution in [-0.2, 0) is 12.3 Å². The fraction of sp³-hybridized carbons (Fsp3) is 0.438. The lowest BCUT2D eigenvalue weighted by molar-refractivity contribution is 0.554. The summed E-state index contributed by atoms with van der Waals surface area (Å²) in [6, 6.07) is 8.52. The predicted molar refractivity (Wildman–Crippen MR) is 89.4 cm³/mol. The van der Waals surface area contributed by atoms with Crippen LogP contribution >= 0.6 is 23.1 Å². The van der Waals surface area contributed by atoms with Gasteiger partial charge in [0.25, 0.3) is 0 Å². The van der Waals surface area contributed by atoms with Crippen molar-refractivity contribution < 1.29 is 0 Å². The number of benzene rings is 1. The van der Waals surface area contributed by atoms with Crippen molar-refractivity contribution in [2.45, 2.75) is 38.0 Å². The van der Waals surface area contributed by atoms with E-state index in [9.17, 15) is 0 Å². The summed E-state index contributed by atoms with van der Waals surface area (Å²) in [5.41, 5.74) is 1.34. The molecule has 0 aliphatic rings. The molecule has 1 aromatic heterocycles. The van der Waals surface area contributed by atoms with E-state index in [1.807, 2.05) is 29.3 Å². The van der Waals surface area contributed by atoms with E-state index >= 15 is 0 Å². The molecule has 4 heteroatoms. The molecule has 0 saturated heterocycles. The van der Waals surface area contributed by atoms with E-state index in [0.717, 1.165) is 18.8 Å². The number of hydrogen-bond donors (Lipinski definition) is 1. The van der Waals surface area contributed by atoms with Crippen molar-refractivity contribution in [1.29, 1.82) is 0 Å². The SMILES string of the molecule is Cc1ccccc1SCc1ncc(CNCC(C)C)s1. The van der Waals surface area contributed by atoms with Crippen molar-refractivity contribution in [2.75, 3.05) is 6.54 Å². The summed E-state index contributed by atoms with van der Waals surface area (Å²) in [4.78, 5) is 7.19. The zero-order valence-corrected chi connectivity index (χ0v) is 14.0. The zero-order chi connectivity index (χ0) is 14.4. The molecule has 1 aromatic carbocycles. The molecule has 1 N–H and O–H groups in total. The van der Waals surface area contributed by atoms with E-state index in [4.69, 9.17) is 0 Å². The van der Waals surface area contributed by atoms with E-state index in [1.54, 1.807) is 0 Å². The quantitative estimate of drug-likeness (QED) is 0.763. The number of aromatic nitrogens is 1. The molecule has 108 valence electrons. The summed E-state index contributed by atoms with van der Waals surface area (Å²) in [6.45, 7) is 8.61. The molecule has 0 unspecified atom stereocenters. The van der Waals surface area contributed by atoms with Crippen LogP contribution in [0.25, 0.3) is 0 Å². The molecule has 0 atom stereocenters. The first-order chi connectivity index (χ1) is 9.65. The van der Waals surface area contributed by atoms with Crippen LogP contribution in [0.2, 0.25) is 0 Å². The normalized spacial score (nSPS) is 11.2. The van der Waals surface area contributed by atoms with E-state index in [2.05, 4.69) is 55.3 Å². The number of aryl methyl sites for hydroxylation is 1. The molecule has 0 bridgehead atoms. The highest BCUT2D eigenvalue weighted by molar-refractivity contribution is 7.98. The third kappa shape index (κ3) is 4.93. The minimum atomic E-state index is 0.694. The molecule has 0 aliphatic carbocycles. The van der Waals surface area contributed by atoms with Gasteiger partial charge in [0.2, 0.25) is 0 Å². The number of hydrogen-bond acceptors (Lipinski definition) is 4. The zero-order valence-electron chi connectivity index (χ0n) is 12.3. The Morgan fingerprint density at radius 2 is 2.10 bits per heavy atom. The highest BCUT2D eigenvalue weighted by atomic mass is 32.2. The van der Waals surface area contributed by atoms with Gasteiger partial charge in [0.15, 0.2) is 0 Å². The number of thioether (sulfide) groups is 1. The standard InChI is InChI=1S/C16H22N2S2/c1-12(2)8-17-9-14-10-18-16(20-14)11-19-15-7-5-4-6-13(15)3/h4-7,10,12,17H,8-9,11H2,1-3H3. The minimum Gasteiger partial charge on any atom is -0.312 e. The Morgan fingerprint density at radius 1 is 1.30 bits per heavy atom. The second kappa shape index (κ2) is 7.81. The van der Waals surface area contributed by atoms with E-state index < -0.39 is 0 Å². The van der Waals surface area contributed by atoms with Crippen LogP contribution < -0.4 is 5.32 Å². The second-order valence-electron chi connectivity index (χ2n) is 5.30. The van der Waals surface area contributed by atoms with Crippen molar-refractivity contribution in [3.8, 4) is 0 Å². The monoisotopic (exact) mass is 306 g/mol. The summed E-state index contributed by atoms with van der Waals surface area (Å²) in [6.07, 6.45) is 2.01. The number of nitrogens with zero attached hydrogens (tertiary/aromatic N) is 1. The summed E-state index contributed by atoms with van der Waals surface area (Å²) in [5, 5.41) is 4.67. The molecule has 0 aliphatic heterocycles. The molecule has 2 nitrogen and oxygen atoms in total. The maximum atomic E-state index is 4.52. The van der Waals surface area contributed by atoms with Crippen molar-refractivity contribution >= 4 is 23.1 Å². The molecule has 20 heavy (non-hydrogen) atoms. The van der Waals surface area contributed by atoms with Gasteiger partial charge in [0.05, 0.1) is 5.75 Å². The number of thiazole rings is 1. The van der Waals surface area contributed by atoms with Gasteiger partial charge in [0, 0.05) is 22.5 Å². The second-order valence-corrected chi connectivity index (χ2v) is 7.52. The molecular weight excluding hydrogens is 284 g/mol. The molecule has 0 fully saturated rings. The Hall–Kier alpha value is -0.840. The van der Waals surface area contributed by atoms with E-state index in [1.165, 1.54) is 20.3 Å². The maximum Gasteiger partial charge on any atom is 0.103 e. The van der Waals surface area contributed by atoms with Crippen LogP contribution in [0, 0.1) is 12.8 Å². The van der Waals surface area contributed by atoms with Gasteiger partial charge in [-0.15, -0.1) is 23.1 Å². The van der Waals surface area contributed by atoms with E-state index in [0.29, 0.717) is 5.92 Å². The summed E-state index contributed by atoms with van der Waals surface area (Å²) >= 11 is 3.68. The van der Waals surface area contributed by atoms with Crippen LogP contribution in [0.4, 0.5) is 0 Å². The van der Waals surface area contributed by atoms with Gasteiger partial charge >= 0.3 is 0 Å². The molecule has 0 saturated carbocycles. The molecule has 0 spiro atoms. The summed E-state index contributed by atoms with van der Waals surface area (Å²) in [7, 11) is 0. The van der Waals surface area contributed by atoms with Crippen molar-refractivity contribution in [3.63, 3.8) is 0 Å². The lowest BCUT2D eigenvalue weighted by Gasteiger charge is -2.05. The Balaban J connectivity index is 1.82. The summed E-state index contributed by atoms with van der Waals surface area (Å²) in [5.74, 6) is 1.65. The average molecular weight is 306 g/mol. The fourth-order valence-corrected chi connectivity index (χ4v) is 3.76. The van der Waals surface area contributed by atoms with Crippen LogP contribution in [0.3, 0.4) is 0 Å². The largest absolute Gasteiger partial charge is 0.312 e. The van der Waals surface area contributed by atoms with Gasteiger partial charge in [-0.1, -0.05) is 32.0 Å². The van der Waals surface area contributed by atoms with Gasteiger partial charge in [-0.3, -0.25) is 0 Å². The van der Waals surface area contributed by atoms with Gasteiger partial charge in [-0.25, -0.2) is 4.98 Å². The number of nitrogens with one attached hydrogen (secondary N) is 1. The Kier molecular flexibility index (Phi) is 6.07. The third-order valence-corrected chi connectivity index (χ3v) is 5.26. The van der Waals surface area contributed by atoms with Crippen molar-refractivity contribution in [1.82, 2.24) is 10.3 Å². The minimum absolute atomic E-state index is 0.694. The van der Waals surface area contributed by atoms with Gasteiger partial charge in [-0.05, 0) is 31.0 Å². The van der Waals surface area contributed by atoms with Crippen LogP contribution in [0.1, 0.15) is 29.3 Å². The van der Waals surface area contributed by atoms with Gasteiger partial charge < -0.3 is 5.32 Å². The van der Waals surface area contributed by atoms with Gasteiger partial charge in [0.1, 0.15) is 5.01 Å². The first kappa shape index (κ1) is 15.5. The van der Waals surface area contributed by atoms with Crippen LogP contribution in [-0.4, -0.2) is 11.5 Å². The smallest absolute Gasteiger partial charge is 0.103 e. The Labute approximate surface area is 130 Å². The lowest BCUT2D eigenvalue weighted by atomic mass is 10.2.